The third kappa shape index (κ3) is 2.45. The second kappa shape index (κ2) is 4.44. The van der Waals surface area contributed by atoms with Crippen molar-refractivity contribution in [1.29, 1.82) is 0 Å². The van der Waals surface area contributed by atoms with Crippen molar-refractivity contribution in [3.8, 4) is 0 Å². The summed E-state index contributed by atoms with van der Waals surface area (Å²) in [5.41, 5.74) is 0. The van der Waals surface area contributed by atoms with Crippen LogP contribution in [0, 0.1) is 0 Å². The molecular formula is C5H8BFO5P+. The molecule has 13 heavy (non-hydrogen) atoms. The van der Waals surface area contributed by atoms with Crippen LogP contribution in [-0.2, 0) is 13.8 Å². The number of hydrogen-bond acceptors (Lipinski definition) is 4. The molecule has 0 aromatic rings. The van der Waals surface area contributed by atoms with Crippen LogP contribution in [0.4, 0.5) is 4.39 Å². The molecule has 72 valence electrons. The number of ether oxygens (including phenoxy) is 1. The molecule has 5 atom stereocenters. The summed E-state index contributed by atoms with van der Waals surface area (Å²) in [4.78, 5) is 8.37. The van der Waals surface area contributed by atoms with Gasteiger partial charge in [-0.2, -0.15) is 0 Å². The van der Waals surface area contributed by atoms with Crippen LogP contribution < -0.4 is 0 Å². The maximum Gasteiger partial charge on any atom is 0.695 e. The number of hydrogen-bond donors (Lipinski definition) is 2. The number of aliphatic hydroxyl groups excluding tert-OH is 1. The average Bonchev–Trinajstić information content (AvgIpc) is 2.31. The van der Waals surface area contributed by atoms with Crippen LogP contribution >= 0.6 is 8.25 Å². The Morgan fingerprint density at radius 2 is 2.31 bits per heavy atom. The topological polar surface area (TPSA) is 76.0 Å². The minimum absolute atomic E-state index is 0.512. The number of halogens is 1. The lowest BCUT2D eigenvalue weighted by molar-refractivity contribution is 0.00241. The SMILES string of the molecule is [B]C1OC(CO)C(O[P+](=O)O)C1F. The Morgan fingerprint density at radius 3 is 2.77 bits per heavy atom. The number of rotatable bonds is 3. The molecule has 0 aromatic carbocycles. The van der Waals surface area contributed by atoms with Crippen molar-refractivity contribution >= 4 is 16.1 Å². The van der Waals surface area contributed by atoms with E-state index in [0.717, 1.165) is 0 Å². The summed E-state index contributed by atoms with van der Waals surface area (Å²) < 4.78 is 32.3. The summed E-state index contributed by atoms with van der Waals surface area (Å²) in [6.45, 7) is -0.512. The maximum absolute atomic E-state index is 13.1. The molecule has 2 radical (unpaired) electrons. The first-order valence-corrected chi connectivity index (χ1v) is 4.68. The Hall–Kier alpha value is -0.0651. The van der Waals surface area contributed by atoms with Crippen LogP contribution in [-0.4, -0.2) is 48.8 Å². The van der Waals surface area contributed by atoms with Crippen molar-refractivity contribution < 1.29 is 28.2 Å². The van der Waals surface area contributed by atoms with Crippen molar-refractivity contribution in [2.24, 2.45) is 0 Å². The first-order valence-electron chi connectivity index (χ1n) is 3.55. The molecule has 1 aliphatic heterocycles. The van der Waals surface area contributed by atoms with Crippen molar-refractivity contribution in [2.75, 3.05) is 6.61 Å². The predicted octanol–water partition coefficient (Wildman–Crippen LogP) is -0.755. The van der Waals surface area contributed by atoms with Crippen LogP contribution in [0.3, 0.4) is 0 Å². The minimum Gasteiger partial charge on any atom is -0.394 e. The molecule has 5 nitrogen and oxygen atoms in total. The van der Waals surface area contributed by atoms with Crippen LogP contribution in [0.1, 0.15) is 0 Å². The lowest BCUT2D eigenvalue weighted by Gasteiger charge is -2.09. The van der Waals surface area contributed by atoms with E-state index in [1.54, 1.807) is 0 Å². The fourth-order valence-electron chi connectivity index (χ4n) is 1.12. The van der Waals surface area contributed by atoms with Gasteiger partial charge in [0.2, 0.25) is 0 Å². The molecule has 0 bridgehead atoms. The van der Waals surface area contributed by atoms with E-state index in [1.165, 1.54) is 0 Å². The van der Waals surface area contributed by atoms with Crippen molar-refractivity contribution in [3.05, 3.63) is 0 Å². The van der Waals surface area contributed by atoms with Gasteiger partial charge in [0.1, 0.15) is 14.0 Å². The maximum atomic E-state index is 13.1. The molecule has 8 heteroatoms. The van der Waals surface area contributed by atoms with Crippen LogP contribution in [0.15, 0.2) is 0 Å². The lowest BCUT2D eigenvalue weighted by Crippen LogP contribution is -2.32. The first kappa shape index (κ1) is 11.0. The molecule has 0 aliphatic carbocycles. The summed E-state index contributed by atoms with van der Waals surface area (Å²) in [5, 5.41) is 8.68. The van der Waals surface area contributed by atoms with Crippen molar-refractivity contribution in [3.63, 3.8) is 0 Å². The monoisotopic (exact) mass is 209 g/mol. The zero-order chi connectivity index (χ0) is 10.0. The molecule has 0 amide bonds. The van der Waals surface area contributed by atoms with Crippen molar-refractivity contribution in [2.45, 2.75) is 24.4 Å². The van der Waals surface area contributed by atoms with Crippen LogP contribution in [0.25, 0.3) is 0 Å². The molecule has 0 spiro atoms. The third-order valence-corrected chi connectivity index (χ3v) is 2.14. The lowest BCUT2D eigenvalue weighted by atomic mass is 9.94. The highest BCUT2D eigenvalue weighted by molar-refractivity contribution is 7.32. The highest BCUT2D eigenvalue weighted by Gasteiger charge is 2.47. The number of aliphatic hydroxyl groups is 1. The highest BCUT2D eigenvalue weighted by atomic mass is 31.1. The van der Waals surface area contributed by atoms with Gasteiger partial charge in [-0.25, -0.2) is 4.39 Å². The molecular weight excluding hydrogens is 201 g/mol. The van der Waals surface area contributed by atoms with E-state index in [1.807, 2.05) is 0 Å². The van der Waals surface area contributed by atoms with E-state index in [0.29, 0.717) is 0 Å². The van der Waals surface area contributed by atoms with Gasteiger partial charge < -0.3 is 9.84 Å². The fourth-order valence-corrected chi connectivity index (χ4v) is 1.58. The number of alkyl halides is 1. The van der Waals surface area contributed by atoms with E-state index in [9.17, 15) is 8.96 Å². The Balaban J connectivity index is 2.62. The summed E-state index contributed by atoms with van der Waals surface area (Å²) in [6.07, 6.45) is -3.98. The highest BCUT2D eigenvalue weighted by Crippen LogP contribution is 2.31. The Morgan fingerprint density at radius 1 is 1.69 bits per heavy atom. The summed E-state index contributed by atoms with van der Waals surface area (Å²) in [7, 11) is 2.22. The van der Waals surface area contributed by atoms with E-state index in [-0.39, 0.29) is 0 Å². The van der Waals surface area contributed by atoms with Crippen molar-refractivity contribution in [1.82, 2.24) is 0 Å². The van der Waals surface area contributed by atoms with Gasteiger partial charge in [-0.15, -0.1) is 9.42 Å². The first-order chi connectivity index (χ1) is 6.06. The average molecular weight is 209 g/mol. The predicted molar refractivity (Wildman–Crippen MR) is 41.1 cm³/mol. The Kier molecular flexibility index (Phi) is 3.76. The summed E-state index contributed by atoms with van der Waals surface area (Å²) >= 11 is 0. The second-order valence-corrected chi connectivity index (χ2v) is 3.26. The molecule has 0 aromatic heterocycles. The molecule has 1 heterocycles. The van der Waals surface area contributed by atoms with Gasteiger partial charge in [0.05, 0.1) is 12.6 Å². The second-order valence-electron chi connectivity index (χ2n) is 2.57. The van der Waals surface area contributed by atoms with E-state index >= 15 is 0 Å². The Labute approximate surface area is 76.2 Å². The summed E-state index contributed by atoms with van der Waals surface area (Å²) in [6, 6.07) is -1.22. The van der Waals surface area contributed by atoms with Gasteiger partial charge in [0.15, 0.2) is 12.3 Å². The summed E-state index contributed by atoms with van der Waals surface area (Å²) in [5.74, 6) is 0. The van der Waals surface area contributed by atoms with Gasteiger partial charge in [-0.05, 0) is 0 Å². The smallest absolute Gasteiger partial charge is 0.394 e. The van der Waals surface area contributed by atoms with E-state index in [4.69, 9.17) is 22.6 Å². The standard InChI is InChI=1S/C5H7BFO5P/c6-5-3(7)4(12-13(9)10)2(1-8)11-5/h2-5,8H,1H2/p+1. The minimum atomic E-state index is -2.93. The molecule has 1 aliphatic rings. The van der Waals surface area contributed by atoms with Gasteiger partial charge in [-0.1, -0.05) is 0 Å². The third-order valence-electron chi connectivity index (χ3n) is 1.72. The molecule has 1 saturated heterocycles. The Bertz CT molecular complexity index is 205. The van der Waals surface area contributed by atoms with Gasteiger partial charge in [-0.3, -0.25) is 0 Å². The zero-order valence-corrected chi connectivity index (χ0v) is 7.43. The quantitative estimate of drug-likeness (QED) is 0.472. The van der Waals surface area contributed by atoms with E-state index in [2.05, 4.69) is 4.52 Å². The normalized spacial score (nSPS) is 40.7. The fraction of sp³-hybridized carbons (Fsp3) is 1.00. The molecule has 2 N–H and O–H groups in total. The zero-order valence-electron chi connectivity index (χ0n) is 6.54. The van der Waals surface area contributed by atoms with Gasteiger partial charge in [0, 0.05) is 4.57 Å². The van der Waals surface area contributed by atoms with Gasteiger partial charge >= 0.3 is 8.25 Å². The van der Waals surface area contributed by atoms with Crippen LogP contribution in [0.2, 0.25) is 0 Å². The molecule has 1 rings (SSSR count). The van der Waals surface area contributed by atoms with Gasteiger partial charge in [0.25, 0.3) is 0 Å². The molecule has 1 fully saturated rings. The largest absolute Gasteiger partial charge is 0.695 e. The van der Waals surface area contributed by atoms with Crippen LogP contribution in [0.5, 0.6) is 0 Å². The van der Waals surface area contributed by atoms with E-state index < -0.39 is 39.2 Å². The molecule has 5 unspecified atom stereocenters. The molecule has 0 saturated carbocycles.